The first kappa shape index (κ1) is 22.2. The minimum Gasteiger partial charge on any atom is -0.493 e. The Balaban J connectivity index is 1.78. The summed E-state index contributed by atoms with van der Waals surface area (Å²) < 4.78 is 11.2. The van der Waals surface area contributed by atoms with Gasteiger partial charge in [-0.05, 0) is 41.5 Å². The summed E-state index contributed by atoms with van der Waals surface area (Å²) in [5.41, 5.74) is 1.76. The lowest BCUT2D eigenvalue weighted by Crippen LogP contribution is -2.14. The largest absolute Gasteiger partial charge is 0.493 e. The summed E-state index contributed by atoms with van der Waals surface area (Å²) in [5.74, 6) is 0.409. The lowest BCUT2D eigenvalue weighted by molar-refractivity contribution is -0.112. The Morgan fingerprint density at radius 3 is 2.39 bits per heavy atom. The Hall–Kier alpha value is -3.46. The Labute approximate surface area is 190 Å². The predicted octanol–water partition coefficient (Wildman–Crippen LogP) is 6.13. The van der Waals surface area contributed by atoms with E-state index >= 15 is 0 Å². The zero-order valence-corrected chi connectivity index (χ0v) is 18.1. The van der Waals surface area contributed by atoms with E-state index in [1.54, 1.807) is 36.4 Å². The van der Waals surface area contributed by atoms with Gasteiger partial charge in [0.15, 0.2) is 11.5 Å². The lowest BCUT2D eigenvalue weighted by Gasteiger charge is -2.12. The molecule has 0 heterocycles. The van der Waals surface area contributed by atoms with Crippen LogP contribution in [-0.2, 0) is 11.4 Å². The summed E-state index contributed by atoms with van der Waals surface area (Å²) >= 11 is 12.2. The molecule has 1 N–H and O–H groups in total. The number of hydrogen-bond acceptors (Lipinski definition) is 4. The van der Waals surface area contributed by atoms with Gasteiger partial charge in [0.25, 0.3) is 5.91 Å². The molecule has 7 heteroatoms. The normalized spacial score (nSPS) is 10.8. The number of nitriles is 1. The van der Waals surface area contributed by atoms with Crippen molar-refractivity contribution in [2.75, 3.05) is 12.4 Å². The second kappa shape index (κ2) is 10.5. The van der Waals surface area contributed by atoms with Crippen molar-refractivity contribution >= 4 is 40.9 Å². The van der Waals surface area contributed by atoms with Crippen LogP contribution >= 0.6 is 23.2 Å². The number of halogens is 2. The van der Waals surface area contributed by atoms with Gasteiger partial charge in [0.1, 0.15) is 18.2 Å². The average Bonchev–Trinajstić information content (AvgIpc) is 2.79. The van der Waals surface area contributed by atoms with E-state index < -0.39 is 5.91 Å². The molecule has 156 valence electrons. The van der Waals surface area contributed by atoms with Gasteiger partial charge in [0.05, 0.1) is 22.8 Å². The number of nitrogens with zero attached hydrogens (tertiary/aromatic N) is 1. The highest BCUT2D eigenvalue weighted by Gasteiger charge is 2.14. The molecule has 0 saturated heterocycles. The van der Waals surface area contributed by atoms with Crippen molar-refractivity contribution in [2.45, 2.75) is 6.61 Å². The van der Waals surface area contributed by atoms with Crippen molar-refractivity contribution in [2.24, 2.45) is 0 Å². The molecule has 0 bridgehead atoms. The molecule has 3 aromatic carbocycles. The van der Waals surface area contributed by atoms with Crippen LogP contribution in [0.5, 0.6) is 11.5 Å². The maximum atomic E-state index is 12.6. The molecule has 0 aromatic heterocycles. The number of carbonyl (C=O) groups excluding carboxylic acids is 1. The quantitative estimate of drug-likeness (QED) is 0.345. The number of benzene rings is 3. The van der Waals surface area contributed by atoms with Gasteiger partial charge in [0, 0.05) is 0 Å². The first-order valence-corrected chi connectivity index (χ1v) is 9.99. The Morgan fingerprint density at radius 2 is 1.74 bits per heavy atom. The standard InChI is InChI=1S/C24H18Cl2N2O3/c1-30-22-13-17(10-11-21(22)31-15-16-6-3-2-4-7-16)12-18(14-27)24(29)28-23-19(25)8-5-9-20(23)26/h2-13H,15H2,1H3,(H,28,29)/b18-12+. The fraction of sp³-hybridized carbons (Fsp3) is 0.0833. The fourth-order valence-corrected chi connectivity index (χ4v) is 3.23. The summed E-state index contributed by atoms with van der Waals surface area (Å²) in [4.78, 5) is 12.6. The maximum absolute atomic E-state index is 12.6. The molecule has 0 atom stereocenters. The summed E-state index contributed by atoms with van der Waals surface area (Å²) in [5, 5.41) is 12.6. The molecular weight excluding hydrogens is 435 g/mol. The van der Waals surface area contributed by atoms with Crippen molar-refractivity contribution in [1.29, 1.82) is 5.26 Å². The van der Waals surface area contributed by atoms with Crippen LogP contribution in [0.1, 0.15) is 11.1 Å². The monoisotopic (exact) mass is 452 g/mol. The first-order chi connectivity index (χ1) is 15.0. The zero-order chi connectivity index (χ0) is 22.2. The van der Waals surface area contributed by atoms with E-state index in [0.717, 1.165) is 5.56 Å². The molecule has 5 nitrogen and oxygen atoms in total. The van der Waals surface area contributed by atoms with Gasteiger partial charge in [-0.3, -0.25) is 4.79 Å². The van der Waals surface area contributed by atoms with Crippen LogP contribution in [0.4, 0.5) is 5.69 Å². The lowest BCUT2D eigenvalue weighted by atomic mass is 10.1. The van der Waals surface area contributed by atoms with Crippen LogP contribution in [0, 0.1) is 11.3 Å². The molecule has 0 unspecified atom stereocenters. The van der Waals surface area contributed by atoms with Crippen molar-refractivity contribution in [3.05, 3.63) is 93.5 Å². The number of nitrogens with one attached hydrogen (secondary N) is 1. The molecule has 3 rings (SSSR count). The second-order valence-electron chi connectivity index (χ2n) is 6.41. The first-order valence-electron chi connectivity index (χ1n) is 9.23. The van der Waals surface area contributed by atoms with E-state index in [9.17, 15) is 10.1 Å². The number of ether oxygens (including phenoxy) is 2. The molecule has 1 amide bonds. The van der Waals surface area contributed by atoms with Crippen LogP contribution in [0.25, 0.3) is 6.08 Å². The van der Waals surface area contributed by atoms with Gasteiger partial charge in [-0.1, -0.05) is 65.7 Å². The Kier molecular flexibility index (Phi) is 7.55. The predicted molar refractivity (Wildman–Crippen MR) is 122 cm³/mol. The highest BCUT2D eigenvalue weighted by atomic mass is 35.5. The molecule has 0 spiro atoms. The van der Waals surface area contributed by atoms with E-state index in [-0.39, 0.29) is 21.3 Å². The van der Waals surface area contributed by atoms with Gasteiger partial charge >= 0.3 is 0 Å². The van der Waals surface area contributed by atoms with Crippen molar-refractivity contribution < 1.29 is 14.3 Å². The molecule has 0 fully saturated rings. The third-order valence-corrected chi connectivity index (χ3v) is 4.93. The van der Waals surface area contributed by atoms with Gasteiger partial charge in [0.2, 0.25) is 0 Å². The summed E-state index contributed by atoms with van der Waals surface area (Å²) in [6.45, 7) is 0.386. The van der Waals surface area contributed by atoms with Gasteiger partial charge in [-0.15, -0.1) is 0 Å². The van der Waals surface area contributed by atoms with Gasteiger partial charge < -0.3 is 14.8 Å². The second-order valence-corrected chi connectivity index (χ2v) is 7.22. The summed E-state index contributed by atoms with van der Waals surface area (Å²) in [6.07, 6.45) is 1.45. The molecular formula is C24H18Cl2N2O3. The van der Waals surface area contributed by atoms with Crippen molar-refractivity contribution in [3.8, 4) is 17.6 Å². The molecule has 3 aromatic rings. The third-order valence-electron chi connectivity index (χ3n) is 4.30. The third kappa shape index (κ3) is 5.79. The number of anilines is 1. The van der Waals surface area contributed by atoms with E-state index in [0.29, 0.717) is 23.7 Å². The fourth-order valence-electron chi connectivity index (χ4n) is 2.74. The average molecular weight is 453 g/mol. The molecule has 0 radical (unpaired) electrons. The molecule has 0 saturated carbocycles. The van der Waals surface area contributed by atoms with Crippen molar-refractivity contribution in [1.82, 2.24) is 0 Å². The summed E-state index contributed by atoms with van der Waals surface area (Å²) in [6, 6.07) is 21.6. The topological polar surface area (TPSA) is 71.3 Å². The molecule has 0 aliphatic rings. The number of carbonyl (C=O) groups is 1. The molecule has 0 aliphatic heterocycles. The maximum Gasteiger partial charge on any atom is 0.266 e. The smallest absolute Gasteiger partial charge is 0.266 e. The zero-order valence-electron chi connectivity index (χ0n) is 16.6. The number of amides is 1. The van der Waals surface area contributed by atoms with Crippen LogP contribution in [0.2, 0.25) is 10.0 Å². The minimum atomic E-state index is -0.624. The Morgan fingerprint density at radius 1 is 1.03 bits per heavy atom. The van der Waals surface area contributed by atoms with E-state index in [1.807, 2.05) is 36.4 Å². The van der Waals surface area contributed by atoms with Crippen LogP contribution < -0.4 is 14.8 Å². The van der Waals surface area contributed by atoms with Crippen LogP contribution in [-0.4, -0.2) is 13.0 Å². The van der Waals surface area contributed by atoms with Gasteiger partial charge in [-0.25, -0.2) is 0 Å². The van der Waals surface area contributed by atoms with E-state index in [4.69, 9.17) is 32.7 Å². The molecule has 31 heavy (non-hydrogen) atoms. The summed E-state index contributed by atoms with van der Waals surface area (Å²) in [7, 11) is 1.52. The molecule has 0 aliphatic carbocycles. The van der Waals surface area contributed by atoms with Crippen LogP contribution in [0.15, 0.2) is 72.3 Å². The minimum absolute atomic E-state index is 0.115. The highest BCUT2D eigenvalue weighted by molar-refractivity contribution is 6.40. The Bertz CT molecular complexity index is 1130. The van der Waals surface area contributed by atoms with Gasteiger partial charge in [-0.2, -0.15) is 5.26 Å². The van der Waals surface area contributed by atoms with Crippen molar-refractivity contribution in [3.63, 3.8) is 0 Å². The highest BCUT2D eigenvalue weighted by Crippen LogP contribution is 2.31. The number of para-hydroxylation sites is 1. The van der Waals surface area contributed by atoms with E-state index in [2.05, 4.69) is 5.32 Å². The SMILES string of the molecule is COc1cc(/C=C(\C#N)C(=O)Nc2c(Cl)cccc2Cl)ccc1OCc1ccccc1. The number of rotatable bonds is 7. The van der Waals surface area contributed by atoms with Crippen LogP contribution in [0.3, 0.4) is 0 Å². The number of methoxy groups -OCH3 is 1. The number of hydrogen-bond donors (Lipinski definition) is 1. The van der Waals surface area contributed by atoms with E-state index in [1.165, 1.54) is 13.2 Å².